The van der Waals surface area contributed by atoms with Crippen molar-refractivity contribution in [3.8, 4) is 0 Å². The lowest BCUT2D eigenvalue weighted by Gasteiger charge is -2.60. The number of carbonyl (C=O) groups is 2. The van der Waals surface area contributed by atoms with Gasteiger partial charge in [-0.3, -0.25) is 14.1 Å². The first-order valence-electron chi connectivity index (χ1n) is 10.7. The van der Waals surface area contributed by atoms with Crippen LogP contribution in [-0.2, 0) is 18.7 Å². The molecule has 1 unspecified atom stereocenters. The van der Waals surface area contributed by atoms with Gasteiger partial charge in [-0.2, -0.15) is 0 Å². The first-order valence-corrected chi connectivity index (χ1v) is 12.2. The van der Waals surface area contributed by atoms with E-state index in [1.807, 2.05) is 6.92 Å². The van der Waals surface area contributed by atoms with Gasteiger partial charge in [0.25, 0.3) is 0 Å². The van der Waals surface area contributed by atoms with Gasteiger partial charge in [-0.15, -0.1) is 0 Å². The van der Waals surface area contributed by atoms with Crippen LogP contribution in [0.1, 0.15) is 58.8 Å². The molecule has 0 heterocycles. The van der Waals surface area contributed by atoms with E-state index in [1.165, 1.54) is 0 Å². The second-order valence-electron chi connectivity index (χ2n) is 10.2. The minimum Gasteiger partial charge on any atom is -0.393 e. The van der Waals surface area contributed by atoms with Crippen LogP contribution in [0.4, 0.5) is 0 Å². The molecule has 0 aliphatic heterocycles. The van der Waals surface area contributed by atoms with Gasteiger partial charge < -0.3 is 20.0 Å². The molecular weight excluding hydrogens is 411 g/mol. The summed E-state index contributed by atoms with van der Waals surface area (Å²) in [4.78, 5) is 42.6. The van der Waals surface area contributed by atoms with E-state index in [-0.39, 0.29) is 41.8 Å². The molecule has 9 heteroatoms. The quantitative estimate of drug-likeness (QED) is 0.484. The molecule has 0 radical (unpaired) electrons. The molecule has 7 atom stereocenters. The zero-order valence-corrected chi connectivity index (χ0v) is 18.3. The summed E-state index contributed by atoms with van der Waals surface area (Å²) in [5.74, 6) is -0.522. The predicted octanol–water partition coefficient (Wildman–Crippen LogP) is 1.90. The number of rotatable bonds is 4. The SMILES string of the molecule is C[C@]12CCC(=O)C=C1CC[C@@H]1[C@@H]2C(O)C[C@@]2(C)[C@H]1CC[C@]2(O)C(=O)COP(=O)(O)O. The molecule has 0 aromatic rings. The van der Waals surface area contributed by atoms with Crippen molar-refractivity contribution in [2.24, 2.45) is 28.6 Å². The van der Waals surface area contributed by atoms with Gasteiger partial charge in [0, 0.05) is 11.8 Å². The Hall–Kier alpha value is -0.890. The fraction of sp³-hybridized carbons (Fsp3) is 0.810. The van der Waals surface area contributed by atoms with Crippen LogP contribution >= 0.6 is 7.82 Å². The third-order valence-electron chi connectivity index (χ3n) is 8.87. The number of allylic oxidation sites excluding steroid dienone is 1. The molecule has 8 nitrogen and oxygen atoms in total. The van der Waals surface area contributed by atoms with Crippen molar-refractivity contribution < 1.29 is 38.7 Å². The molecule has 168 valence electrons. The Morgan fingerprint density at radius 2 is 1.93 bits per heavy atom. The zero-order chi connectivity index (χ0) is 22.1. The van der Waals surface area contributed by atoms with E-state index in [9.17, 15) is 24.4 Å². The number of aliphatic hydroxyl groups is 2. The van der Waals surface area contributed by atoms with Gasteiger partial charge >= 0.3 is 7.82 Å². The molecule has 0 aromatic heterocycles. The van der Waals surface area contributed by atoms with Crippen LogP contribution in [0.25, 0.3) is 0 Å². The van der Waals surface area contributed by atoms with Crippen molar-refractivity contribution in [3.05, 3.63) is 11.6 Å². The lowest BCUT2D eigenvalue weighted by atomic mass is 9.45. The second kappa shape index (κ2) is 7.06. The highest BCUT2D eigenvalue weighted by molar-refractivity contribution is 7.46. The first kappa shape index (κ1) is 22.3. The van der Waals surface area contributed by atoms with E-state index >= 15 is 0 Å². The van der Waals surface area contributed by atoms with Crippen LogP contribution in [0.5, 0.6) is 0 Å². The van der Waals surface area contributed by atoms with Crippen molar-refractivity contribution in [1.82, 2.24) is 0 Å². The Morgan fingerprint density at radius 3 is 2.60 bits per heavy atom. The first-order chi connectivity index (χ1) is 13.8. The Morgan fingerprint density at radius 1 is 1.23 bits per heavy atom. The number of phosphoric ester groups is 1. The molecule has 4 aliphatic carbocycles. The molecule has 0 saturated heterocycles. The van der Waals surface area contributed by atoms with Gasteiger partial charge in [0.15, 0.2) is 11.6 Å². The maximum atomic E-state index is 12.8. The van der Waals surface area contributed by atoms with Crippen LogP contribution < -0.4 is 0 Å². The Labute approximate surface area is 175 Å². The summed E-state index contributed by atoms with van der Waals surface area (Å²) in [7, 11) is -4.83. The predicted molar refractivity (Wildman–Crippen MR) is 106 cm³/mol. The molecule has 30 heavy (non-hydrogen) atoms. The largest absolute Gasteiger partial charge is 0.470 e. The lowest BCUT2D eigenvalue weighted by Crippen LogP contribution is -2.62. The zero-order valence-electron chi connectivity index (χ0n) is 17.4. The number of hydrogen-bond donors (Lipinski definition) is 4. The van der Waals surface area contributed by atoms with Crippen LogP contribution in [-0.4, -0.2) is 49.9 Å². The van der Waals surface area contributed by atoms with Gasteiger partial charge in [-0.25, -0.2) is 4.57 Å². The highest BCUT2D eigenvalue weighted by Gasteiger charge is 2.68. The summed E-state index contributed by atoms with van der Waals surface area (Å²) in [6.07, 6.45) is 4.79. The number of ketones is 2. The second-order valence-corrected chi connectivity index (χ2v) is 11.4. The average molecular weight is 442 g/mol. The van der Waals surface area contributed by atoms with E-state index in [1.54, 1.807) is 6.08 Å². The number of carbonyl (C=O) groups excluding carboxylic acids is 2. The molecule has 0 amide bonds. The fourth-order valence-corrected chi connectivity index (χ4v) is 7.70. The van der Waals surface area contributed by atoms with Crippen LogP contribution in [0.3, 0.4) is 0 Å². The van der Waals surface area contributed by atoms with E-state index < -0.39 is 37.3 Å². The molecule has 4 rings (SSSR count). The molecule has 4 aliphatic rings. The van der Waals surface area contributed by atoms with Crippen molar-refractivity contribution in [3.63, 3.8) is 0 Å². The monoisotopic (exact) mass is 442 g/mol. The number of phosphoric acid groups is 1. The number of hydrogen-bond acceptors (Lipinski definition) is 6. The van der Waals surface area contributed by atoms with Gasteiger partial charge in [-0.05, 0) is 67.8 Å². The summed E-state index contributed by atoms with van der Waals surface area (Å²) in [5, 5.41) is 22.7. The highest BCUT2D eigenvalue weighted by Crippen LogP contribution is 2.67. The van der Waals surface area contributed by atoms with Gasteiger partial charge in [0.2, 0.25) is 0 Å². The normalized spacial score (nSPS) is 45.9. The van der Waals surface area contributed by atoms with Gasteiger partial charge in [0.05, 0.1) is 6.10 Å². The van der Waals surface area contributed by atoms with Crippen LogP contribution in [0, 0.1) is 28.6 Å². The Kier molecular flexibility index (Phi) is 5.25. The van der Waals surface area contributed by atoms with Crippen LogP contribution in [0.2, 0.25) is 0 Å². The summed E-state index contributed by atoms with van der Waals surface area (Å²) in [6.45, 7) is 3.09. The highest BCUT2D eigenvalue weighted by atomic mass is 31.2. The summed E-state index contributed by atoms with van der Waals surface area (Å²) in [6, 6.07) is 0. The Bertz CT molecular complexity index is 848. The minimum atomic E-state index is -4.83. The van der Waals surface area contributed by atoms with E-state index in [2.05, 4.69) is 11.4 Å². The molecule has 3 saturated carbocycles. The molecule has 0 bridgehead atoms. The minimum absolute atomic E-state index is 0.00547. The van der Waals surface area contributed by atoms with Crippen molar-refractivity contribution in [1.29, 1.82) is 0 Å². The maximum Gasteiger partial charge on any atom is 0.470 e. The van der Waals surface area contributed by atoms with Crippen LogP contribution in [0.15, 0.2) is 11.6 Å². The third-order valence-corrected chi connectivity index (χ3v) is 9.34. The molecule has 0 spiro atoms. The summed E-state index contributed by atoms with van der Waals surface area (Å²) >= 11 is 0. The molecular formula is C21H31O8P. The van der Waals surface area contributed by atoms with Gasteiger partial charge in [-0.1, -0.05) is 19.4 Å². The van der Waals surface area contributed by atoms with Crippen molar-refractivity contribution in [2.75, 3.05) is 6.61 Å². The molecule has 0 aromatic carbocycles. The summed E-state index contributed by atoms with van der Waals surface area (Å²) < 4.78 is 15.4. The fourth-order valence-electron chi connectivity index (χ4n) is 7.41. The Balaban J connectivity index is 1.64. The average Bonchev–Trinajstić information content (AvgIpc) is 2.91. The van der Waals surface area contributed by atoms with E-state index in [0.717, 1.165) is 18.4 Å². The van der Waals surface area contributed by atoms with E-state index in [4.69, 9.17) is 9.79 Å². The standard InChI is InChI=1S/C21H31O8P/c1-19-7-5-13(22)9-12(19)3-4-14-15-6-8-21(25,17(24)11-29-30(26,27)28)20(15,2)10-16(23)18(14)19/h9,14-16,18,23,25H,3-8,10-11H2,1-2H3,(H2,26,27,28)/t14-,15-,16?,18+,19-,20-,21-/m0/s1. The molecule has 4 N–H and O–H groups in total. The molecule has 3 fully saturated rings. The lowest BCUT2D eigenvalue weighted by molar-refractivity contribution is -0.182. The topological polar surface area (TPSA) is 141 Å². The van der Waals surface area contributed by atoms with Gasteiger partial charge in [0.1, 0.15) is 12.2 Å². The van der Waals surface area contributed by atoms with Crippen molar-refractivity contribution >= 4 is 19.4 Å². The summed E-state index contributed by atoms with van der Waals surface area (Å²) in [5.41, 5.74) is -1.84. The number of fused-ring (bicyclic) bond motifs is 5. The number of Topliss-reactive ketones (excluding diaryl/α,β-unsaturated/α-hetero) is 1. The van der Waals surface area contributed by atoms with Crippen molar-refractivity contribution in [2.45, 2.75) is 70.5 Å². The smallest absolute Gasteiger partial charge is 0.393 e. The third kappa shape index (κ3) is 3.19. The number of aliphatic hydroxyl groups excluding tert-OH is 1. The maximum absolute atomic E-state index is 12.8. The van der Waals surface area contributed by atoms with E-state index in [0.29, 0.717) is 19.3 Å².